The second-order valence-electron chi connectivity index (χ2n) is 12.9. The molecule has 0 radical (unpaired) electrons. The fraction of sp³-hybridized carbons (Fsp3) is 0.714. The number of nitrogens with one attached hydrogen (secondary N) is 2. The lowest BCUT2D eigenvalue weighted by Crippen LogP contribution is -2.51. The van der Waals surface area contributed by atoms with Gasteiger partial charge in [0.1, 0.15) is 0 Å². The van der Waals surface area contributed by atoms with Crippen molar-refractivity contribution in [3.8, 4) is 0 Å². The van der Waals surface area contributed by atoms with Crippen molar-refractivity contribution in [2.75, 3.05) is 10.6 Å². The molecule has 0 spiro atoms. The molecule has 0 amide bonds. The van der Waals surface area contributed by atoms with E-state index in [4.69, 9.17) is 24.4 Å². The molecule has 1 aromatic carbocycles. The Morgan fingerprint density at radius 2 is 0.781 bits per heavy atom. The Morgan fingerprint density at radius 1 is 0.531 bits per heavy atom. The van der Waals surface area contributed by atoms with Gasteiger partial charge in [0.15, 0.2) is 0 Å². The summed E-state index contributed by atoms with van der Waals surface area (Å²) in [5, 5.41) is 7.32. The Kier molecular flexibility index (Phi) is 4.62. The molecule has 8 aliphatic rings. The summed E-state index contributed by atoms with van der Waals surface area (Å²) >= 11 is 12.1. The molecule has 4 heteroatoms. The lowest BCUT2D eigenvalue weighted by atomic mass is 9.49. The van der Waals surface area contributed by atoms with Gasteiger partial charge in [-0.1, -0.05) is 24.4 Å². The summed E-state index contributed by atoms with van der Waals surface area (Å²) in [5.41, 5.74) is 2.83. The van der Waals surface area contributed by atoms with Crippen molar-refractivity contribution < 1.29 is 0 Å². The highest BCUT2D eigenvalue weighted by molar-refractivity contribution is 7.81. The van der Waals surface area contributed by atoms with E-state index in [0.717, 1.165) is 56.9 Å². The topological polar surface area (TPSA) is 24.1 Å². The first kappa shape index (κ1) is 20.4. The lowest BCUT2D eigenvalue weighted by Gasteiger charge is -2.57. The predicted molar refractivity (Wildman–Crippen MR) is 140 cm³/mol. The van der Waals surface area contributed by atoms with Crippen LogP contribution < -0.4 is 10.6 Å². The van der Waals surface area contributed by atoms with Crippen LogP contribution in [0.15, 0.2) is 24.3 Å². The first-order valence-electron chi connectivity index (χ1n) is 13.2. The minimum absolute atomic E-state index is 0.279. The van der Waals surface area contributed by atoms with Gasteiger partial charge in [-0.25, -0.2) is 0 Å². The van der Waals surface area contributed by atoms with Gasteiger partial charge in [0.25, 0.3) is 0 Å². The molecule has 2 nitrogen and oxygen atoms in total. The van der Waals surface area contributed by atoms with Gasteiger partial charge in [-0.2, -0.15) is 0 Å². The highest BCUT2D eigenvalue weighted by atomic mass is 32.1. The van der Waals surface area contributed by atoms with Crippen LogP contribution in [0.4, 0.5) is 11.4 Å². The van der Waals surface area contributed by atoms with Crippen molar-refractivity contribution in [2.45, 2.75) is 77.0 Å². The van der Waals surface area contributed by atoms with Crippen LogP contribution in [-0.4, -0.2) is 9.98 Å². The molecule has 8 saturated carbocycles. The summed E-state index contributed by atoms with van der Waals surface area (Å²) in [7, 11) is 0. The van der Waals surface area contributed by atoms with E-state index in [2.05, 4.69) is 34.9 Å². The Bertz CT molecular complexity index is 801. The number of hydrogen-bond acceptors (Lipinski definition) is 2. The molecule has 2 N–H and O–H groups in total. The third-order valence-corrected chi connectivity index (χ3v) is 11.5. The van der Waals surface area contributed by atoms with Gasteiger partial charge in [0.05, 0.1) is 9.98 Å². The maximum atomic E-state index is 6.03. The van der Waals surface area contributed by atoms with Gasteiger partial charge in [-0.05, 0) is 137 Å². The maximum absolute atomic E-state index is 6.03. The molecule has 8 aliphatic carbocycles. The smallest absolute Gasteiger partial charge is 0.0860 e. The highest BCUT2D eigenvalue weighted by Crippen LogP contribution is 2.61. The van der Waals surface area contributed by atoms with Crippen molar-refractivity contribution >= 4 is 45.8 Å². The van der Waals surface area contributed by atoms with Crippen molar-refractivity contribution in [3.05, 3.63) is 24.3 Å². The summed E-state index contributed by atoms with van der Waals surface area (Å²) in [5.74, 6) is 5.57. The number of benzene rings is 1. The SMILES string of the molecule is S=C(Nc1ccc(NC(=S)C23CC4CC(CC(C4)C2)C3)cc1)C12CC3CC(CC(C3)C1)C2. The Balaban J connectivity index is 1.02. The molecular weight excluding hydrogens is 428 g/mol. The normalized spacial score (nSPS) is 45.1. The van der Waals surface area contributed by atoms with E-state index in [1.807, 2.05) is 0 Å². The molecule has 0 aromatic heterocycles. The standard InChI is InChI=1S/C28H36N2S2/c31-25(27-11-17-5-18(12-27)7-19(6-17)13-27)29-23-1-2-24(4-3-23)30-26(32)28-14-20-8-21(15-28)10-22(9-20)16-28/h1-4,17-22H,5-16H2,(H,29,31)(H,30,32). The third-order valence-electron chi connectivity index (χ3n) is 10.4. The van der Waals surface area contributed by atoms with Crippen molar-refractivity contribution in [1.82, 2.24) is 0 Å². The van der Waals surface area contributed by atoms with E-state index in [9.17, 15) is 0 Å². The zero-order valence-electron chi connectivity index (χ0n) is 19.1. The first-order valence-corrected chi connectivity index (χ1v) is 14.0. The molecule has 8 bridgehead atoms. The summed E-state index contributed by atoms with van der Waals surface area (Å²) in [6, 6.07) is 8.77. The summed E-state index contributed by atoms with van der Waals surface area (Å²) in [6.07, 6.45) is 16.7. The number of hydrogen-bond donors (Lipinski definition) is 2. The van der Waals surface area contributed by atoms with Crippen LogP contribution in [0.5, 0.6) is 0 Å². The summed E-state index contributed by atoms with van der Waals surface area (Å²) < 4.78 is 0. The van der Waals surface area contributed by atoms with Gasteiger partial charge in [0.2, 0.25) is 0 Å². The minimum Gasteiger partial charge on any atom is -0.350 e. The molecule has 170 valence electrons. The average molecular weight is 465 g/mol. The molecule has 9 rings (SSSR count). The van der Waals surface area contributed by atoms with Gasteiger partial charge in [-0.3, -0.25) is 0 Å². The average Bonchev–Trinajstić information content (AvgIpc) is 2.73. The predicted octanol–water partition coefficient (Wildman–Crippen LogP) is 7.60. The zero-order chi connectivity index (χ0) is 21.5. The second-order valence-corrected chi connectivity index (χ2v) is 13.7. The fourth-order valence-electron chi connectivity index (χ4n) is 9.94. The molecule has 32 heavy (non-hydrogen) atoms. The van der Waals surface area contributed by atoms with E-state index in [1.165, 1.54) is 77.0 Å². The van der Waals surface area contributed by atoms with Gasteiger partial charge in [0, 0.05) is 22.2 Å². The Hall–Kier alpha value is -1.00. The van der Waals surface area contributed by atoms with Crippen LogP contribution >= 0.6 is 24.4 Å². The first-order chi connectivity index (χ1) is 15.5. The molecule has 1 aromatic rings. The van der Waals surface area contributed by atoms with Crippen LogP contribution in [0.3, 0.4) is 0 Å². The third kappa shape index (κ3) is 3.30. The maximum Gasteiger partial charge on any atom is 0.0860 e. The van der Waals surface area contributed by atoms with E-state index in [1.54, 1.807) is 0 Å². The van der Waals surface area contributed by atoms with Gasteiger partial charge < -0.3 is 10.6 Å². The molecule has 0 saturated heterocycles. The Morgan fingerprint density at radius 3 is 1.03 bits per heavy atom. The summed E-state index contributed by atoms with van der Waals surface area (Å²) in [6.45, 7) is 0. The molecular formula is C28H36N2S2. The van der Waals surface area contributed by atoms with Crippen molar-refractivity contribution in [1.29, 1.82) is 0 Å². The molecule has 0 heterocycles. The van der Waals surface area contributed by atoms with Crippen LogP contribution in [0.25, 0.3) is 0 Å². The van der Waals surface area contributed by atoms with Crippen LogP contribution in [0.1, 0.15) is 77.0 Å². The lowest BCUT2D eigenvalue weighted by molar-refractivity contribution is -0.0111. The number of anilines is 2. The minimum atomic E-state index is 0.279. The van der Waals surface area contributed by atoms with Crippen molar-refractivity contribution in [2.24, 2.45) is 46.3 Å². The molecule has 8 fully saturated rings. The quantitative estimate of drug-likeness (QED) is 0.448. The van der Waals surface area contributed by atoms with Crippen LogP contribution in [0, 0.1) is 46.3 Å². The summed E-state index contributed by atoms with van der Waals surface area (Å²) in [4.78, 5) is 2.22. The van der Waals surface area contributed by atoms with E-state index in [-0.39, 0.29) is 10.8 Å². The van der Waals surface area contributed by atoms with E-state index >= 15 is 0 Å². The molecule has 0 aliphatic heterocycles. The molecule has 0 unspecified atom stereocenters. The van der Waals surface area contributed by atoms with E-state index < -0.39 is 0 Å². The molecule has 0 atom stereocenters. The number of thiocarbonyl (C=S) groups is 2. The van der Waals surface area contributed by atoms with E-state index in [0.29, 0.717) is 0 Å². The fourth-order valence-corrected chi connectivity index (χ4v) is 10.7. The monoisotopic (exact) mass is 464 g/mol. The Labute approximate surface area is 203 Å². The van der Waals surface area contributed by atoms with Crippen LogP contribution in [-0.2, 0) is 0 Å². The number of rotatable bonds is 4. The van der Waals surface area contributed by atoms with Gasteiger partial charge in [-0.15, -0.1) is 0 Å². The van der Waals surface area contributed by atoms with Crippen molar-refractivity contribution in [3.63, 3.8) is 0 Å². The zero-order valence-corrected chi connectivity index (χ0v) is 20.7. The largest absolute Gasteiger partial charge is 0.350 e. The highest BCUT2D eigenvalue weighted by Gasteiger charge is 2.54. The van der Waals surface area contributed by atoms with Gasteiger partial charge >= 0.3 is 0 Å². The second kappa shape index (κ2) is 7.25. The van der Waals surface area contributed by atoms with Crippen LogP contribution in [0.2, 0.25) is 0 Å².